The highest BCUT2D eigenvalue weighted by Crippen LogP contribution is 2.40. The zero-order valence-electron chi connectivity index (χ0n) is 17.6. The molecule has 3 aromatic rings. The van der Waals surface area contributed by atoms with Crippen molar-refractivity contribution in [3.8, 4) is 17.1 Å². The molecule has 0 radical (unpaired) electrons. The van der Waals surface area contributed by atoms with Crippen LogP contribution in [0.25, 0.3) is 22.2 Å². The number of nitrogens with zero attached hydrogens (tertiary/aromatic N) is 4. The van der Waals surface area contributed by atoms with E-state index in [1.54, 1.807) is 12.3 Å². The molecule has 0 saturated carbocycles. The number of carboxylic acids is 1. The Morgan fingerprint density at radius 3 is 2.50 bits per heavy atom. The lowest BCUT2D eigenvalue weighted by atomic mass is 10.1. The fraction of sp³-hybridized carbons (Fsp3) is 0.273. The van der Waals surface area contributed by atoms with Crippen molar-refractivity contribution < 1.29 is 23.4 Å². The second-order valence-corrected chi connectivity index (χ2v) is 9.62. The maximum atomic E-state index is 12.8. The average molecular weight is 457 g/mol. The van der Waals surface area contributed by atoms with Gasteiger partial charge in [-0.2, -0.15) is 0 Å². The van der Waals surface area contributed by atoms with Crippen LogP contribution in [0.2, 0.25) is 0 Å². The summed E-state index contributed by atoms with van der Waals surface area (Å²) in [5, 5.41) is 20.6. The van der Waals surface area contributed by atoms with Crippen LogP contribution >= 0.6 is 0 Å². The van der Waals surface area contributed by atoms with Crippen LogP contribution < -0.4 is 4.90 Å². The van der Waals surface area contributed by atoms with Crippen LogP contribution in [0.4, 0.5) is 5.69 Å². The lowest BCUT2D eigenvalue weighted by molar-refractivity contribution is 0.0697. The van der Waals surface area contributed by atoms with E-state index in [1.807, 2.05) is 6.07 Å². The minimum absolute atomic E-state index is 0.0222. The third-order valence-electron chi connectivity index (χ3n) is 5.63. The quantitative estimate of drug-likeness (QED) is 0.543. The number of hydrogen-bond donors (Lipinski definition) is 2. The first-order valence-corrected chi connectivity index (χ1v) is 11.7. The zero-order chi connectivity index (χ0) is 23.0. The Kier molecular flexibility index (Phi) is 5.66. The summed E-state index contributed by atoms with van der Waals surface area (Å²) in [6.07, 6.45) is 2.91. The van der Waals surface area contributed by atoms with Gasteiger partial charge in [-0.25, -0.2) is 17.2 Å². The Bertz CT molecular complexity index is 1290. The van der Waals surface area contributed by atoms with Crippen molar-refractivity contribution in [3.63, 3.8) is 0 Å². The third kappa shape index (κ3) is 3.82. The highest BCUT2D eigenvalue weighted by atomic mass is 32.2. The number of carboxylic acid groups (broad SMARTS) is 1. The van der Waals surface area contributed by atoms with E-state index < -0.39 is 21.9 Å². The fourth-order valence-electron chi connectivity index (χ4n) is 3.93. The summed E-state index contributed by atoms with van der Waals surface area (Å²) in [5.41, 5.74) is 1.59. The molecule has 1 aromatic carbocycles. The Labute approximate surface area is 185 Å². The topological polar surface area (TPSA) is 116 Å². The van der Waals surface area contributed by atoms with Gasteiger partial charge in [0.25, 0.3) is 0 Å². The van der Waals surface area contributed by atoms with Gasteiger partial charge < -0.3 is 20.0 Å². The molecule has 1 fully saturated rings. The lowest BCUT2D eigenvalue weighted by Gasteiger charge is -2.33. The molecular weight excluding hydrogens is 432 g/mol. The van der Waals surface area contributed by atoms with Gasteiger partial charge in [0.05, 0.1) is 40.0 Å². The van der Waals surface area contributed by atoms with E-state index in [-0.39, 0.29) is 27.8 Å². The van der Waals surface area contributed by atoms with Crippen LogP contribution in [-0.4, -0.2) is 77.4 Å². The van der Waals surface area contributed by atoms with E-state index in [9.17, 15) is 23.4 Å². The molecule has 1 aliphatic heterocycles. The predicted molar refractivity (Wildman–Crippen MR) is 123 cm³/mol. The van der Waals surface area contributed by atoms with Gasteiger partial charge in [0, 0.05) is 31.6 Å². The van der Waals surface area contributed by atoms with Gasteiger partial charge in [0.1, 0.15) is 0 Å². The number of piperazine rings is 1. The summed E-state index contributed by atoms with van der Waals surface area (Å²) in [6.45, 7) is 7.08. The number of likely N-dealkylation sites (N-methyl/N-ethyl adjacent to an activating group) is 1. The first-order chi connectivity index (χ1) is 15.2. The van der Waals surface area contributed by atoms with Crippen LogP contribution in [0.15, 0.2) is 49.2 Å². The number of anilines is 1. The fourth-order valence-corrected chi connectivity index (χ4v) is 5.19. The molecule has 0 aliphatic carbocycles. The molecule has 1 aliphatic rings. The normalized spacial score (nSPS) is 15.2. The summed E-state index contributed by atoms with van der Waals surface area (Å²) in [7, 11) is -1.89. The number of pyridine rings is 1. The molecule has 10 heteroatoms. The first-order valence-electron chi connectivity index (χ1n) is 10.1. The largest absolute Gasteiger partial charge is 0.493 e. The summed E-state index contributed by atoms with van der Waals surface area (Å²) >= 11 is 0. The standard InChI is InChI=1S/C22H24N4O5S/c1-3-12-32(30,31)26-19-7-4-15(22(28)29)13-17(19)20(21(26)27)18-6-5-16(14-23-18)25-10-8-24(2)9-11-25/h3-7,13-14,27H,1,8-12H2,2H3,(H,28,29). The molecule has 0 amide bonds. The Hall–Kier alpha value is -3.37. The summed E-state index contributed by atoms with van der Waals surface area (Å²) < 4.78 is 26.4. The van der Waals surface area contributed by atoms with Crippen molar-refractivity contribution in [2.24, 2.45) is 0 Å². The van der Waals surface area contributed by atoms with Crippen molar-refractivity contribution in [3.05, 3.63) is 54.7 Å². The van der Waals surface area contributed by atoms with Crippen LogP contribution in [-0.2, 0) is 10.0 Å². The van der Waals surface area contributed by atoms with Crippen molar-refractivity contribution in [1.29, 1.82) is 0 Å². The van der Waals surface area contributed by atoms with Crippen LogP contribution in [0.1, 0.15) is 10.4 Å². The number of benzene rings is 1. The molecule has 0 atom stereocenters. The maximum Gasteiger partial charge on any atom is 0.335 e. The highest BCUT2D eigenvalue weighted by molar-refractivity contribution is 7.90. The molecule has 4 rings (SSSR count). The van der Waals surface area contributed by atoms with E-state index in [0.29, 0.717) is 5.69 Å². The van der Waals surface area contributed by atoms with Gasteiger partial charge in [0.2, 0.25) is 15.9 Å². The molecule has 0 spiro atoms. The highest BCUT2D eigenvalue weighted by Gasteiger charge is 2.27. The van der Waals surface area contributed by atoms with Crippen molar-refractivity contribution in [1.82, 2.24) is 13.9 Å². The van der Waals surface area contributed by atoms with E-state index >= 15 is 0 Å². The number of rotatable bonds is 6. The number of hydrogen-bond acceptors (Lipinski definition) is 7. The van der Waals surface area contributed by atoms with Gasteiger partial charge in [-0.15, -0.1) is 6.58 Å². The first kappa shape index (κ1) is 21.8. The smallest absolute Gasteiger partial charge is 0.335 e. The van der Waals surface area contributed by atoms with Gasteiger partial charge in [-0.05, 0) is 37.4 Å². The third-order valence-corrected chi connectivity index (χ3v) is 7.21. The van der Waals surface area contributed by atoms with Gasteiger partial charge >= 0.3 is 5.97 Å². The van der Waals surface area contributed by atoms with Crippen molar-refractivity contribution >= 4 is 32.6 Å². The molecule has 9 nitrogen and oxygen atoms in total. The molecule has 2 aromatic heterocycles. The van der Waals surface area contributed by atoms with E-state index in [0.717, 1.165) is 35.8 Å². The summed E-state index contributed by atoms with van der Waals surface area (Å²) in [5.74, 6) is -2.05. The van der Waals surface area contributed by atoms with Crippen LogP contribution in [0.3, 0.4) is 0 Å². The van der Waals surface area contributed by atoms with Crippen LogP contribution in [0.5, 0.6) is 5.88 Å². The minimum atomic E-state index is -3.96. The molecule has 32 heavy (non-hydrogen) atoms. The SMILES string of the molecule is C=CCS(=O)(=O)n1c(O)c(-c2ccc(N3CCN(C)CC3)cn2)c2cc(C(=O)O)ccc21. The molecule has 2 N–H and O–H groups in total. The molecule has 168 valence electrons. The molecule has 3 heterocycles. The maximum absolute atomic E-state index is 12.8. The summed E-state index contributed by atoms with van der Waals surface area (Å²) in [4.78, 5) is 20.4. The number of aromatic nitrogens is 2. The summed E-state index contributed by atoms with van der Waals surface area (Å²) in [6, 6.07) is 7.61. The predicted octanol–water partition coefficient (Wildman–Crippen LogP) is 2.22. The van der Waals surface area contributed by atoms with Gasteiger partial charge in [0.15, 0.2) is 0 Å². The van der Waals surface area contributed by atoms with Gasteiger partial charge in [-0.1, -0.05) is 6.08 Å². The second kappa shape index (κ2) is 8.29. The Balaban J connectivity index is 1.86. The van der Waals surface area contributed by atoms with E-state index in [1.165, 1.54) is 24.3 Å². The van der Waals surface area contributed by atoms with Gasteiger partial charge in [-0.3, -0.25) is 4.98 Å². The monoisotopic (exact) mass is 456 g/mol. The number of aromatic hydroxyl groups is 1. The number of aromatic carboxylic acids is 1. The molecule has 0 bridgehead atoms. The Morgan fingerprint density at radius 1 is 1.19 bits per heavy atom. The van der Waals surface area contributed by atoms with Crippen LogP contribution in [0, 0.1) is 0 Å². The Morgan fingerprint density at radius 2 is 1.91 bits per heavy atom. The number of carbonyl (C=O) groups is 1. The minimum Gasteiger partial charge on any atom is -0.493 e. The average Bonchev–Trinajstić information content (AvgIpc) is 3.06. The molecule has 0 unspecified atom stereocenters. The second-order valence-electron chi connectivity index (χ2n) is 7.76. The van der Waals surface area contributed by atoms with E-state index in [4.69, 9.17) is 0 Å². The van der Waals surface area contributed by atoms with E-state index in [2.05, 4.69) is 28.4 Å². The number of fused-ring (bicyclic) bond motifs is 1. The van der Waals surface area contributed by atoms with Crippen molar-refractivity contribution in [2.75, 3.05) is 43.9 Å². The molecular formula is C22H24N4O5S. The zero-order valence-corrected chi connectivity index (χ0v) is 18.4. The molecule has 1 saturated heterocycles. The van der Waals surface area contributed by atoms with Crippen molar-refractivity contribution in [2.45, 2.75) is 0 Å². The lowest BCUT2D eigenvalue weighted by Crippen LogP contribution is -2.44.